The molecule has 0 saturated carbocycles. The van der Waals surface area contributed by atoms with Gasteiger partial charge in [0.05, 0.1) is 6.54 Å². The van der Waals surface area contributed by atoms with Crippen molar-refractivity contribution in [3.63, 3.8) is 0 Å². The summed E-state index contributed by atoms with van der Waals surface area (Å²) in [5.74, 6) is 0.703. The molecule has 1 aliphatic rings. The first-order valence-electron chi connectivity index (χ1n) is 4.99. The van der Waals surface area contributed by atoms with Gasteiger partial charge in [0.15, 0.2) is 5.82 Å². The van der Waals surface area contributed by atoms with Crippen LogP contribution >= 0.6 is 50.6 Å². The number of nitrogens with one attached hydrogen (secondary N) is 2. The second kappa shape index (κ2) is 5.20. The van der Waals surface area contributed by atoms with Crippen molar-refractivity contribution in [3.05, 3.63) is 21.9 Å². The molecule has 9 heteroatoms. The minimum absolute atomic E-state index is 0.0979. The number of halogens is 2. The van der Waals surface area contributed by atoms with E-state index in [2.05, 4.69) is 41.5 Å². The molecule has 0 saturated heterocycles. The zero-order chi connectivity index (χ0) is 12.5. The molecule has 94 valence electrons. The van der Waals surface area contributed by atoms with Crippen molar-refractivity contribution in [2.45, 2.75) is 15.9 Å². The number of rotatable bonds is 3. The summed E-state index contributed by atoms with van der Waals surface area (Å²) in [4.78, 5) is 12.6. The predicted molar refractivity (Wildman–Crippen MR) is 78.7 cm³/mol. The van der Waals surface area contributed by atoms with Crippen molar-refractivity contribution in [2.75, 3.05) is 10.6 Å². The van der Waals surface area contributed by atoms with Crippen LogP contribution < -0.4 is 10.6 Å². The Morgan fingerprint density at radius 3 is 3.17 bits per heavy atom. The lowest BCUT2D eigenvalue weighted by molar-refractivity contribution is 1.02. The van der Waals surface area contributed by atoms with E-state index in [0.717, 1.165) is 15.7 Å². The molecular weight excluding hydrogens is 358 g/mol. The fourth-order valence-corrected chi connectivity index (χ4v) is 3.82. The Morgan fingerprint density at radius 1 is 1.50 bits per heavy atom. The molecule has 3 rings (SSSR count). The third-order valence-corrected chi connectivity index (χ3v) is 4.79. The van der Waals surface area contributed by atoms with Gasteiger partial charge in [-0.05, 0) is 11.6 Å². The number of hydrogen-bond acceptors (Lipinski definition) is 7. The molecule has 2 aromatic rings. The molecule has 18 heavy (non-hydrogen) atoms. The van der Waals surface area contributed by atoms with Crippen LogP contribution in [0.3, 0.4) is 0 Å². The number of thioether (sulfide) groups is 1. The van der Waals surface area contributed by atoms with Crippen molar-refractivity contribution in [1.29, 1.82) is 0 Å². The molecule has 0 radical (unpaired) electrons. The lowest BCUT2D eigenvalue weighted by Crippen LogP contribution is -2.07. The van der Waals surface area contributed by atoms with E-state index in [0.29, 0.717) is 12.4 Å². The van der Waals surface area contributed by atoms with Crippen LogP contribution in [-0.2, 0) is 6.54 Å². The summed E-state index contributed by atoms with van der Waals surface area (Å²) in [6.45, 7) is 0.622. The summed E-state index contributed by atoms with van der Waals surface area (Å²) in [6.07, 6.45) is 1.78. The number of hydrogen-bond donors (Lipinski definition) is 2. The molecule has 1 unspecified atom stereocenters. The second-order valence-electron chi connectivity index (χ2n) is 3.38. The van der Waals surface area contributed by atoms with Gasteiger partial charge in [-0.3, -0.25) is 0 Å². The van der Waals surface area contributed by atoms with E-state index in [4.69, 9.17) is 11.6 Å². The Morgan fingerprint density at radius 2 is 2.39 bits per heavy atom. The molecule has 1 atom stereocenters. The Kier molecular flexibility index (Phi) is 3.60. The fraction of sp³-hybridized carbons (Fsp3) is 0.222. The summed E-state index contributed by atoms with van der Waals surface area (Å²) in [5.41, 5.74) is 0.878. The first-order chi connectivity index (χ1) is 8.72. The maximum atomic E-state index is 5.91. The molecule has 0 amide bonds. The molecule has 5 nitrogen and oxygen atoms in total. The van der Waals surface area contributed by atoms with Crippen molar-refractivity contribution >= 4 is 62.1 Å². The van der Waals surface area contributed by atoms with Gasteiger partial charge in [-0.2, -0.15) is 4.98 Å². The molecule has 2 aromatic heterocycles. The van der Waals surface area contributed by atoms with E-state index in [1.807, 2.05) is 5.38 Å². The molecule has 3 heterocycles. The minimum atomic E-state index is 0.0979. The van der Waals surface area contributed by atoms with Crippen LogP contribution in [0.1, 0.15) is 5.01 Å². The number of nitrogens with zero attached hydrogens (tertiary/aromatic N) is 3. The van der Waals surface area contributed by atoms with Gasteiger partial charge in [0.25, 0.3) is 0 Å². The quantitative estimate of drug-likeness (QED) is 0.377. The van der Waals surface area contributed by atoms with Gasteiger partial charge in [0.1, 0.15) is 20.0 Å². The van der Waals surface area contributed by atoms with Crippen LogP contribution in [0.25, 0.3) is 0 Å². The van der Waals surface area contributed by atoms with E-state index in [9.17, 15) is 0 Å². The Balaban J connectivity index is 1.84. The van der Waals surface area contributed by atoms with Crippen LogP contribution in [0, 0.1) is 0 Å². The molecule has 0 aromatic carbocycles. The van der Waals surface area contributed by atoms with Crippen molar-refractivity contribution in [1.82, 2.24) is 15.0 Å². The second-order valence-corrected chi connectivity index (χ2v) is 7.31. The van der Waals surface area contributed by atoms with Gasteiger partial charge < -0.3 is 10.6 Å². The SMILES string of the molecule is Clc1nc(NCc2nccs2)c2c(n1)SC(Br)N2. The molecule has 0 bridgehead atoms. The lowest BCUT2D eigenvalue weighted by atomic mass is 10.4. The van der Waals surface area contributed by atoms with E-state index in [1.165, 1.54) is 0 Å². The Labute approximate surface area is 125 Å². The van der Waals surface area contributed by atoms with E-state index in [1.54, 1.807) is 29.3 Å². The van der Waals surface area contributed by atoms with E-state index in [-0.39, 0.29) is 9.57 Å². The maximum absolute atomic E-state index is 5.91. The van der Waals surface area contributed by atoms with E-state index >= 15 is 0 Å². The normalized spacial score (nSPS) is 17.3. The Hall–Kier alpha value is -0.570. The van der Waals surface area contributed by atoms with Gasteiger partial charge in [-0.25, -0.2) is 9.97 Å². The summed E-state index contributed by atoms with van der Waals surface area (Å²) in [7, 11) is 0. The number of alkyl halides is 1. The first-order valence-corrected chi connectivity index (χ1v) is 8.05. The van der Waals surface area contributed by atoms with Crippen LogP contribution in [0.5, 0.6) is 0 Å². The molecule has 0 spiro atoms. The zero-order valence-corrected chi connectivity index (χ0v) is 12.8. The smallest absolute Gasteiger partial charge is 0.225 e. The molecule has 0 aliphatic carbocycles. The van der Waals surface area contributed by atoms with Crippen molar-refractivity contribution in [3.8, 4) is 0 Å². The van der Waals surface area contributed by atoms with Gasteiger partial charge in [-0.1, -0.05) is 27.7 Å². The Bertz CT molecular complexity index is 564. The monoisotopic (exact) mass is 363 g/mol. The van der Waals surface area contributed by atoms with Crippen LogP contribution in [0.2, 0.25) is 5.28 Å². The highest BCUT2D eigenvalue weighted by Crippen LogP contribution is 2.43. The highest BCUT2D eigenvalue weighted by atomic mass is 79.9. The third kappa shape index (κ3) is 2.56. The zero-order valence-electron chi connectivity index (χ0n) is 8.85. The van der Waals surface area contributed by atoms with Crippen molar-refractivity contribution in [2.24, 2.45) is 0 Å². The van der Waals surface area contributed by atoms with Gasteiger partial charge in [0.2, 0.25) is 5.28 Å². The van der Waals surface area contributed by atoms with E-state index < -0.39 is 0 Å². The average molecular weight is 365 g/mol. The number of thiazole rings is 1. The highest BCUT2D eigenvalue weighted by molar-refractivity contribution is 9.11. The molecule has 1 aliphatic heterocycles. The highest BCUT2D eigenvalue weighted by Gasteiger charge is 2.25. The third-order valence-electron chi connectivity index (χ3n) is 2.21. The van der Waals surface area contributed by atoms with Crippen LogP contribution in [0.15, 0.2) is 16.6 Å². The summed E-state index contributed by atoms with van der Waals surface area (Å²) in [6, 6.07) is 0. The maximum Gasteiger partial charge on any atom is 0.225 e. The molecule has 0 fully saturated rings. The van der Waals surface area contributed by atoms with Crippen molar-refractivity contribution < 1.29 is 0 Å². The van der Waals surface area contributed by atoms with Gasteiger partial charge >= 0.3 is 0 Å². The standard InChI is InChI=1S/C9H7BrClN5S2/c10-8-14-5-6(13-3-4-12-1-2-17-4)15-9(11)16-7(5)18-8/h1-2,8,14H,3H2,(H,13,15,16). The molecule has 2 N–H and O–H groups in total. The van der Waals surface area contributed by atoms with Gasteiger partial charge in [-0.15, -0.1) is 11.3 Å². The summed E-state index contributed by atoms with van der Waals surface area (Å²) in [5, 5.41) is 10.5. The predicted octanol–water partition coefficient (Wildman–Crippen LogP) is 3.39. The topological polar surface area (TPSA) is 62.7 Å². The minimum Gasteiger partial charge on any atom is -0.362 e. The lowest BCUT2D eigenvalue weighted by Gasteiger charge is -2.09. The summed E-state index contributed by atoms with van der Waals surface area (Å²) < 4.78 is 0.0979. The average Bonchev–Trinajstić information content (AvgIpc) is 2.93. The number of aromatic nitrogens is 3. The summed E-state index contributed by atoms with van der Waals surface area (Å²) >= 11 is 12.5. The van der Waals surface area contributed by atoms with Crippen LogP contribution in [-0.4, -0.2) is 19.2 Å². The van der Waals surface area contributed by atoms with Gasteiger partial charge in [0, 0.05) is 11.6 Å². The largest absolute Gasteiger partial charge is 0.362 e. The number of fused-ring (bicyclic) bond motifs is 1. The van der Waals surface area contributed by atoms with Crippen LogP contribution in [0.4, 0.5) is 11.5 Å². The first kappa shape index (κ1) is 12.5. The number of anilines is 2. The fourth-order valence-electron chi connectivity index (χ4n) is 1.50. The molecular formula is C9H7BrClN5S2.